The second-order valence-electron chi connectivity index (χ2n) is 5.58. The summed E-state index contributed by atoms with van der Waals surface area (Å²) in [6, 6.07) is 9.61. The Morgan fingerprint density at radius 3 is 2.57 bits per heavy atom. The second kappa shape index (κ2) is 5.72. The van der Waals surface area contributed by atoms with Gasteiger partial charge < -0.3 is 5.21 Å². The third-order valence-corrected chi connectivity index (χ3v) is 4.28. The van der Waals surface area contributed by atoms with Crippen LogP contribution in [0.4, 0.5) is 0 Å². The van der Waals surface area contributed by atoms with Crippen molar-refractivity contribution < 1.29 is 9.63 Å². The number of hydrogen-bond donors (Lipinski definition) is 1. The summed E-state index contributed by atoms with van der Waals surface area (Å²) in [4.78, 5) is 12.9. The predicted octanol–water partition coefficient (Wildman–Crippen LogP) is 3.14. The van der Waals surface area contributed by atoms with Crippen LogP contribution in [0.1, 0.15) is 43.3 Å². The van der Waals surface area contributed by atoms with Gasteiger partial charge in [-0.25, -0.2) is 0 Å². The maximum Gasteiger partial charge on any atom is 0.293 e. The van der Waals surface area contributed by atoms with Crippen molar-refractivity contribution in [3.05, 3.63) is 52.3 Å². The molecule has 0 aliphatic heterocycles. The zero-order valence-electron chi connectivity index (χ0n) is 12.4. The summed E-state index contributed by atoms with van der Waals surface area (Å²) < 4.78 is 2.33. The maximum atomic E-state index is 12.9. The molecule has 2 aromatic rings. The van der Waals surface area contributed by atoms with Crippen molar-refractivity contribution >= 4 is 0 Å². The van der Waals surface area contributed by atoms with Crippen molar-refractivity contribution in [3.8, 4) is 11.3 Å². The second-order valence-corrected chi connectivity index (χ2v) is 5.58. The molecule has 110 valence electrons. The van der Waals surface area contributed by atoms with E-state index in [2.05, 4.69) is 0 Å². The van der Waals surface area contributed by atoms with Gasteiger partial charge in [0.25, 0.3) is 11.4 Å². The molecule has 4 heteroatoms. The minimum atomic E-state index is 0.584. The van der Waals surface area contributed by atoms with Crippen LogP contribution in [-0.4, -0.2) is 9.94 Å². The summed E-state index contributed by atoms with van der Waals surface area (Å²) in [6.45, 7) is 1.97. The van der Waals surface area contributed by atoms with Gasteiger partial charge in [0.1, 0.15) is 11.4 Å². The molecule has 1 aliphatic carbocycles. The molecule has 0 atom stereocenters. The first-order valence-corrected chi connectivity index (χ1v) is 7.71. The van der Waals surface area contributed by atoms with E-state index in [4.69, 9.17) is 0 Å². The maximum absolute atomic E-state index is 12.9. The minimum Gasteiger partial charge on any atom is -0.428 e. The van der Waals surface area contributed by atoms with Crippen LogP contribution in [0, 0.1) is 4.91 Å². The standard InChI is InChI=1S/C17H21N2O2/c1-2-14-17(13-9-5-3-6-10-13)19(21)16-12-8-4-7-11-15(16)18(14)20/h3,5-6,9-10,20H,2,4,7-8,11-12H2,1H3/q+1. The van der Waals surface area contributed by atoms with Gasteiger partial charge in [-0.05, 0) is 37.8 Å². The average Bonchev–Trinajstić information content (AvgIpc) is 2.77. The summed E-state index contributed by atoms with van der Waals surface area (Å²) in [5.41, 5.74) is 3.65. The Labute approximate surface area is 124 Å². The lowest BCUT2D eigenvalue weighted by atomic mass is 10.1. The van der Waals surface area contributed by atoms with E-state index in [1.54, 1.807) is 0 Å². The predicted molar refractivity (Wildman–Crippen MR) is 81.1 cm³/mol. The van der Waals surface area contributed by atoms with Gasteiger partial charge in [0.15, 0.2) is 0 Å². The van der Waals surface area contributed by atoms with Crippen LogP contribution < -0.4 is 4.43 Å². The molecule has 0 unspecified atom stereocenters. The van der Waals surface area contributed by atoms with Crippen LogP contribution in [0.5, 0.6) is 0 Å². The lowest BCUT2D eigenvalue weighted by Gasteiger charge is -2.12. The van der Waals surface area contributed by atoms with Gasteiger partial charge in [-0.2, -0.15) is 4.73 Å². The SMILES string of the molecule is CCc1c(-c2ccccc2)[n+](=O)c2c(n1O)CCCCC2. The molecule has 1 aromatic heterocycles. The lowest BCUT2D eigenvalue weighted by molar-refractivity contribution is -0.495. The van der Waals surface area contributed by atoms with Crippen molar-refractivity contribution in [2.45, 2.75) is 45.4 Å². The van der Waals surface area contributed by atoms with Gasteiger partial charge in [-0.1, -0.05) is 31.5 Å². The first kappa shape index (κ1) is 13.9. The van der Waals surface area contributed by atoms with Crippen LogP contribution in [-0.2, 0) is 19.3 Å². The Balaban J connectivity index is 2.32. The fourth-order valence-corrected chi connectivity index (χ4v) is 3.21. The molecule has 4 nitrogen and oxygen atoms in total. The van der Waals surface area contributed by atoms with Gasteiger partial charge in [-0.15, -0.1) is 0 Å². The number of hydrogen-bond acceptors (Lipinski definition) is 2. The normalized spacial score (nSPS) is 14.5. The van der Waals surface area contributed by atoms with Gasteiger partial charge in [-0.3, -0.25) is 0 Å². The third-order valence-electron chi connectivity index (χ3n) is 4.28. The smallest absolute Gasteiger partial charge is 0.293 e. The van der Waals surface area contributed by atoms with Crippen molar-refractivity contribution in [1.82, 2.24) is 4.73 Å². The molecule has 0 radical (unpaired) electrons. The highest BCUT2D eigenvalue weighted by Crippen LogP contribution is 2.25. The lowest BCUT2D eigenvalue weighted by Crippen LogP contribution is -2.32. The largest absolute Gasteiger partial charge is 0.428 e. The van der Waals surface area contributed by atoms with E-state index in [9.17, 15) is 10.1 Å². The number of rotatable bonds is 2. The number of fused-ring (bicyclic) bond motifs is 1. The van der Waals surface area contributed by atoms with Crippen LogP contribution in [0.3, 0.4) is 0 Å². The van der Waals surface area contributed by atoms with Crippen LogP contribution in [0.15, 0.2) is 30.3 Å². The number of benzene rings is 1. The minimum absolute atomic E-state index is 0.584. The van der Waals surface area contributed by atoms with E-state index in [1.165, 1.54) is 4.73 Å². The van der Waals surface area contributed by atoms with E-state index in [0.29, 0.717) is 17.8 Å². The average molecular weight is 285 g/mol. The molecular weight excluding hydrogens is 264 g/mol. The fourth-order valence-electron chi connectivity index (χ4n) is 3.21. The molecular formula is C17H21N2O2+. The van der Waals surface area contributed by atoms with E-state index in [-0.39, 0.29) is 0 Å². The highest BCUT2D eigenvalue weighted by molar-refractivity contribution is 5.58. The molecule has 1 N–H and O–H groups in total. The number of aromatic nitrogens is 2. The summed E-state index contributed by atoms with van der Waals surface area (Å²) in [7, 11) is 0. The van der Waals surface area contributed by atoms with Crippen molar-refractivity contribution in [2.75, 3.05) is 0 Å². The molecule has 0 amide bonds. The van der Waals surface area contributed by atoms with E-state index in [0.717, 1.165) is 53.5 Å². The number of nitrogens with zero attached hydrogens (tertiary/aromatic N) is 2. The summed E-state index contributed by atoms with van der Waals surface area (Å²) in [6.07, 6.45) is 5.28. The Morgan fingerprint density at radius 1 is 1.14 bits per heavy atom. The van der Waals surface area contributed by atoms with E-state index in [1.807, 2.05) is 37.3 Å². The van der Waals surface area contributed by atoms with Gasteiger partial charge in [0, 0.05) is 11.3 Å². The van der Waals surface area contributed by atoms with Crippen molar-refractivity contribution in [2.24, 2.45) is 0 Å². The van der Waals surface area contributed by atoms with Crippen LogP contribution in [0.25, 0.3) is 11.3 Å². The van der Waals surface area contributed by atoms with Gasteiger partial charge >= 0.3 is 0 Å². The first-order chi connectivity index (χ1) is 10.2. The Bertz CT molecular complexity index is 705. The Kier molecular flexibility index (Phi) is 3.78. The molecule has 0 bridgehead atoms. The van der Waals surface area contributed by atoms with Gasteiger partial charge in [0.05, 0.1) is 9.99 Å². The zero-order valence-corrected chi connectivity index (χ0v) is 12.4. The monoisotopic (exact) mass is 285 g/mol. The van der Waals surface area contributed by atoms with E-state index < -0.39 is 0 Å². The van der Waals surface area contributed by atoms with Crippen molar-refractivity contribution in [1.29, 1.82) is 0 Å². The quantitative estimate of drug-likeness (QED) is 0.523. The van der Waals surface area contributed by atoms with E-state index >= 15 is 0 Å². The third kappa shape index (κ3) is 2.35. The van der Waals surface area contributed by atoms with Crippen molar-refractivity contribution in [3.63, 3.8) is 0 Å². The molecule has 3 rings (SSSR count). The fraction of sp³-hybridized carbons (Fsp3) is 0.412. The Hall–Kier alpha value is -2.10. The molecule has 0 saturated carbocycles. The molecule has 0 saturated heterocycles. The van der Waals surface area contributed by atoms with Crippen LogP contribution >= 0.6 is 0 Å². The first-order valence-electron chi connectivity index (χ1n) is 7.71. The highest BCUT2D eigenvalue weighted by atomic mass is 16.5. The highest BCUT2D eigenvalue weighted by Gasteiger charge is 2.30. The molecule has 1 aliphatic rings. The topological polar surface area (TPSA) is 48.1 Å². The molecule has 21 heavy (non-hydrogen) atoms. The molecule has 1 aromatic carbocycles. The summed E-state index contributed by atoms with van der Waals surface area (Å²) >= 11 is 0. The van der Waals surface area contributed by atoms with Gasteiger partial charge in [0.2, 0.25) is 0 Å². The van der Waals surface area contributed by atoms with Crippen LogP contribution in [0.2, 0.25) is 0 Å². The molecule has 0 spiro atoms. The molecule has 0 fully saturated rings. The molecule has 1 heterocycles. The zero-order chi connectivity index (χ0) is 14.8. The summed E-state index contributed by atoms with van der Waals surface area (Å²) in [5.74, 6) is 0. The Morgan fingerprint density at radius 2 is 1.86 bits per heavy atom. The summed E-state index contributed by atoms with van der Waals surface area (Å²) in [5, 5.41) is 10.6.